The average Bonchev–Trinajstić information content (AvgIpc) is 2.56. The van der Waals surface area contributed by atoms with E-state index in [-0.39, 0.29) is 6.09 Å². The lowest BCUT2D eigenvalue weighted by atomic mass is 9.76. The lowest BCUT2D eigenvalue weighted by molar-refractivity contribution is 0.00915. The van der Waals surface area contributed by atoms with Gasteiger partial charge in [-0.05, 0) is 58.8 Å². The first-order valence-corrected chi connectivity index (χ1v) is 10.4. The van der Waals surface area contributed by atoms with E-state index in [0.29, 0.717) is 11.5 Å². The van der Waals surface area contributed by atoms with Crippen molar-refractivity contribution in [3.8, 4) is 0 Å². The topological polar surface area (TPSA) is 41.6 Å². The number of hydrogen-bond donors (Lipinski definition) is 1. The Labute approximate surface area is 156 Å². The highest BCUT2D eigenvalue weighted by molar-refractivity contribution is 5.68. The summed E-state index contributed by atoms with van der Waals surface area (Å²) in [5.41, 5.74) is -0.0820. The molecule has 1 atom stereocenters. The summed E-state index contributed by atoms with van der Waals surface area (Å²) in [5, 5.41) is 3.77. The van der Waals surface area contributed by atoms with Crippen molar-refractivity contribution in [2.24, 2.45) is 5.41 Å². The molecule has 0 aromatic heterocycles. The van der Waals surface area contributed by atoms with E-state index in [1.54, 1.807) is 0 Å². The highest BCUT2D eigenvalue weighted by Crippen LogP contribution is 2.35. The summed E-state index contributed by atoms with van der Waals surface area (Å²) in [7, 11) is 0. The Morgan fingerprint density at radius 2 is 1.80 bits per heavy atom. The summed E-state index contributed by atoms with van der Waals surface area (Å²) < 4.78 is 5.51. The summed E-state index contributed by atoms with van der Waals surface area (Å²) >= 11 is 0. The minimum atomic E-state index is -0.412. The number of nitrogens with one attached hydrogen (secondary N) is 1. The molecule has 1 aliphatic rings. The molecular formula is C21H42N2O2. The summed E-state index contributed by atoms with van der Waals surface area (Å²) in [5.74, 6) is 0. The van der Waals surface area contributed by atoms with E-state index in [1.807, 2.05) is 25.7 Å². The third-order valence-corrected chi connectivity index (χ3v) is 5.54. The first-order chi connectivity index (χ1) is 11.7. The Morgan fingerprint density at radius 1 is 1.16 bits per heavy atom. The molecule has 0 bridgehead atoms. The number of unbranched alkanes of at least 4 members (excludes halogenated alkanes) is 3. The van der Waals surface area contributed by atoms with Crippen molar-refractivity contribution in [3.63, 3.8) is 0 Å². The second-order valence-electron chi connectivity index (χ2n) is 8.95. The van der Waals surface area contributed by atoms with Gasteiger partial charge >= 0.3 is 6.09 Å². The maximum absolute atomic E-state index is 12.2. The van der Waals surface area contributed by atoms with Crippen LogP contribution in [-0.4, -0.2) is 42.3 Å². The molecule has 1 amide bonds. The van der Waals surface area contributed by atoms with Crippen molar-refractivity contribution in [2.45, 2.75) is 105 Å². The molecule has 1 heterocycles. The predicted octanol–water partition coefficient (Wildman–Crippen LogP) is 5.36. The number of nitrogens with zero attached hydrogens (tertiary/aromatic N) is 1. The molecule has 148 valence electrons. The molecule has 0 saturated carbocycles. The zero-order valence-electron chi connectivity index (χ0n) is 17.6. The van der Waals surface area contributed by atoms with Crippen molar-refractivity contribution >= 4 is 6.09 Å². The third-order valence-electron chi connectivity index (χ3n) is 5.54. The Bertz CT molecular complexity index is 382. The molecule has 0 spiro atoms. The van der Waals surface area contributed by atoms with E-state index in [4.69, 9.17) is 4.74 Å². The van der Waals surface area contributed by atoms with Gasteiger partial charge in [0.05, 0.1) is 0 Å². The molecule has 25 heavy (non-hydrogen) atoms. The molecule has 1 rings (SSSR count). The van der Waals surface area contributed by atoms with Crippen LogP contribution in [0.25, 0.3) is 0 Å². The smallest absolute Gasteiger partial charge is 0.410 e. The fourth-order valence-corrected chi connectivity index (χ4v) is 3.52. The van der Waals surface area contributed by atoms with Crippen LogP contribution >= 0.6 is 0 Å². The van der Waals surface area contributed by atoms with Crippen molar-refractivity contribution < 1.29 is 9.53 Å². The number of ether oxygens (including phenoxy) is 1. The van der Waals surface area contributed by atoms with Gasteiger partial charge in [-0.1, -0.05) is 39.5 Å². The predicted molar refractivity (Wildman–Crippen MR) is 106 cm³/mol. The average molecular weight is 355 g/mol. The molecule has 1 unspecified atom stereocenters. The van der Waals surface area contributed by atoms with Gasteiger partial charge in [0.25, 0.3) is 0 Å². The van der Waals surface area contributed by atoms with Crippen LogP contribution in [0.2, 0.25) is 0 Å². The van der Waals surface area contributed by atoms with Crippen LogP contribution in [-0.2, 0) is 4.74 Å². The number of amides is 1. The molecular weight excluding hydrogens is 312 g/mol. The fourth-order valence-electron chi connectivity index (χ4n) is 3.52. The van der Waals surface area contributed by atoms with Crippen molar-refractivity contribution in [3.05, 3.63) is 0 Å². The Hall–Kier alpha value is -0.770. The number of rotatable bonds is 9. The van der Waals surface area contributed by atoms with Crippen LogP contribution in [0.5, 0.6) is 0 Å². The van der Waals surface area contributed by atoms with E-state index in [9.17, 15) is 4.79 Å². The molecule has 4 nitrogen and oxygen atoms in total. The summed E-state index contributed by atoms with van der Waals surface area (Å²) in [4.78, 5) is 14.1. The van der Waals surface area contributed by atoms with Crippen LogP contribution in [0.1, 0.15) is 92.9 Å². The fraction of sp³-hybridized carbons (Fsp3) is 0.952. The second-order valence-corrected chi connectivity index (χ2v) is 8.95. The van der Waals surface area contributed by atoms with E-state index >= 15 is 0 Å². The van der Waals surface area contributed by atoms with Crippen molar-refractivity contribution in [1.82, 2.24) is 10.2 Å². The first-order valence-electron chi connectivity index (χ1n) is 10.4. The van der Waals surface area contributed by atoms with Crippen molar-refractivity contribution in [2.75, 3.05) is 19.6 Å². The molecule has 4 heteroatoms. The van der Waals surface area contributed by atoms with Gasteiger partial charge in [0.2, 0.25) is 0 Å². The van der Waals surface area contributed by atoms with E-state index in [1.165, 1.54) is 38.5 Å². The highest BCUT2D eigenvalue weighted by atomic mass is 16.6. The lowest BCUT2D eigenvalue weighted by Gasteiger charge is -2.42. The van der Waals surface area contributed by atoms with Gasteiger partial charge < -0.3 is 15.0 Å². The zero-order valence-corrected chi connectivity index (χ0v) is 17.6. The van der Waals surface area contributed by atoms with Gasteiger partial charge in [-0.15, -0.1) is 0 Å². The van der Waals surface area contributed by atoms with Gasteiger partial charge in [-0.25, -0.2) is 4.79 Å². The van der Waals surface area contributed by atoms with E-state index < -0.39 is 5.60 Å². The maximum Gasteiger partial charge on any atom is 0.410 e. The molecule has 0 aromatic carbocycles. The van der Waals surface area contributed by atoms with Crippen LogP contribution < -0.4 is 5.32 Å². The van der Waals surface area contributed by atoms with Gasteiger partial charge in [-0.2, -0.15) is 0 Å². The van der Waals surface area contributed by atoms with Crippen LogP contribution in [0, 0.1) is 5.41 Å². The summed E-state index contributed by atoms with van der Waals surface area (Å²) in [6.07, 6.45) is 9.75. The number of hydrogen-bond acceptors (Lipinski definition) is 3. The van der Waals surface area contributed by atoms with Crippen LogP contribution in [0.15, 0.2) is 0 Å². The maximum atomic E-state index is 12.2. The Morgan fingerprint density at radius 3 is 2.32 bits per heavy atom. The van der Waals surface area contributed by atoms with E-state index in [2.05, 4.69) is 26.1 Å². The quantitative estimate of drug-likeness (QED) is 0.567. The molecule has 0 aliphatic carbocycles. The van der Waals surface area contributed by atoms with E-state index in [0.717, 1.165) is 32.5 Å². The third kappa shape index (κ3) is 8.44. The standard InChI is InChI=1S/C21H42N2O2/c1-7-9-10-11-12-18(3)22-17-21(8-2)13-15-23(16-14-21)19(24)25-20(4,5)6/h18,22H,7-17H2,1-6H3. The van der Waals surface area contributed by atoms with Gasteiger partial charge in [0.1, 0.15) is 5.60 Å². The lowest BCUT2D eigenvalue weighted by Crippen LogP contribution is -2.49. The normalized spacial score (nSPS) is 18.9. The molecule has 1 N–H and O–H groups in total. The molecule has 1 fully saturated rings. The minimum Gasteiger partial charge on any atom is -0.444 e. The number of likely N-dealkylation sites (tertiary alicyclic amines) is 1. The zero-order chi connectivity index (χ0) is 18.9. The van der Waals surface area contributed by atoms with Gasteiger partial charge in [0.15, 0.2) is 0 Å². The summed E-state index contributed by atoms with van der Waals surface area (Å²) in [6, 6.07) is 0.587. The monoisotopic (exact) mass is 354 g/mol. The molecule has 0 radical (unpaired) electrons. The van der Waals surface area contributed by atoms with Crippen molar-refractivity contribution in [1.29, 1.82) is 0 Å². The van der Waals surface area contributed by atoms with Crippen LogP contribution in [0.3, 0.4) is 0 Å². The minimum absolute atomic E-state index is 0.158. The number of carbonyl (C=O) groups is 1. The number of carbonyl (C=O) groups excluding carboxylic acids is 1. The van der Waals surface area contributed by atoms with Gasteiger partial charge in [-0.3, -0.25) is 0 Å². The van der Waals surface area contributed by atoms with Crippen LogP contribution in [0.4, 0.5) is 4.79 Å². The first kappa shape index (κ1) is 22.3. The number of piperidine rings is 1. The van der Waals surface area contributed by atoms with Gasteiger partial charge in [0, 0.05) is 25.7 Å². The Balaban J connectivity index is 2.38. The molecule has 1 saturated heterocycles. The highest BCUT2D eigenvalue weighted by Gasteiger charge is 2.35. The molecule has 1 aliphatic heterocycles. The Kier molecular flexibility index (Phi) is 9.26. The second kappa shape index (κ2) is 10.4. The SMILES string of the molecule is CCCCCCC(C)NCC1(CC)CCN(C(=O)OC(C)(C)C)CC1. The summed E-state index contributed by atoms with van der Waals surface area (Å²) in [6.45, 7) is 15.3. The largest absolute Gasteiger partial charge is 0.444 e. The molecule has 0 aromatic rings.